The molecular weight excluding hydrogens is 153 g/mol. The molecule has 2 aromatic rings. The van der Waals surface area contributed by atoms with Crippen LogP contribution in [-0.2, 0) is 0 Å². The second-order valence-corrected chi connectivity index (χ2v) is 2.82. The second kappa shape index (κ2) is 2.55. The van der Waals surface area contributed by atoms with Gasteiger partial charge in [0.15, 0.2) is 0 Å². The van der Waals surface area contributed by atoms with E-state index in [1.54, 1.807) is 12.4 Å². The van der Waals surface area contributed by atoms with Crippen LogP contribution in [0.1, 0.15) is 5.56 Å². The molecule has 0 atom stereocenters. The van der Waals surface area contributed by atoms with E-state index < -0.39 is 0 Å². The van der Waals surface area contributed by atoms with Gasteiger partial charge in [0.25, 0.3) is 0 Å². The number of aromatic nitrogens is 1. The number of halogens is 1. The largest absolute Gasteiger partial charge is 0.264 e. The number of hydrogen-bond donors (Lipinski definition) is 0. The molecule has 0 aliphatic heterocycles. The molecule has 1 heterocycles. The fourth-order valence-corrected chi connectivity index (χ4v) is 1.36. The Bertz CT molecular complexity index is 423. The highest BCUT2D eigenvalue weighted by Crippen LogP contribution is 2.18. The van der Waals surface area contributed by atoms with Crippen molar-refractivity contribution in [1.82, 2.24) is 4.98 Å². The van der Waals surface area contributed by atoms with E-state index in [2.05, 4.69) is 4.98 Å². The summed E-state index contributed by atoms with van der Waals surface area (Å²) in [5.41, 5.74) is 0.951. The summed E-state index contributed by atoms with van der Waals surface area (Å²) in [5.74, 6) is -0.201. The van der Waals surface area contributed by atoms with Gasteiger partial charge < -0.3 is 0 Å². The zero-order chi connectivity index (χ0) is 8.55. The van der Waals surface area contributed by atoms with Crippen molar-refractivity contribution in [3.63, 3.8) is 0 Å². The Morgan fingerprint density at radius 2 is 2.17 bits per heavy atom. The van der Waals surface area contributed by atoms with E-state index >= 15 is 0 Å². The Kier molecular flexibility index (Phi) is 1.54. The molecule has 2 rings (SSSR count). The van der Waals surface area contributed by atoms with E-state index in [0.717, 1.165) is 16.3 Å². The number of nitrogens with zero attached hydrogens (tertiary/aromatic N) is 1. The van der Waals surface area contributed by atoms with Crippen molar-refractivity contribution in [2.75, 3.05) is 0 Å². The van der Waals surface area contributed by atoms with E-state index in [1.165, 1.54) is 12.1 Å². The van der Waals surface area contributed by atoms with Crippen LogP contribution in [0.4, 0.5) is 4.39 Å². The van der Waals surface area contributed by atoms with Gasteiger partial charge in [0.2, 0.25) is 0 Å². The molecule has 0 aliphatic carbocycles. The van der Waals surface area contributed by atoms with Crippen molar-refractivity contribution >= 4 is 10.8 Å². The van der Waals surface area contributed by atoms with Gasteiger partial charge >= 0.3 is 0 Å². The number of fused-ring (bicyclic) bond motifs is 1. The van der Waals surface area contributed by atoms with E-state index in [9.17, 15) is 4.39 Å². The first kappa shape index (κ1) is 7.22. The molecule has 2 heteroatoms. The Balaban J connectivity index is 2.89. The van der Waals surface area contributed by atoms with Gasteiger partial charge in [-0.2, -0.15) is 0 Å². The molecular formula is C10H8FN. The molecule has 0 saturated heterocycles. The van der Waals surface area contributed by atoms with Crippen LogP contribution < -0.4 is 0 Å². The van der Waals surface area contributed by atoms with Crippen LogP contribution in [0.5, 0.6) is 0 Å². The minimum absolute atomic E-state index is 0.201. The maximum atomic E-state index is 12.9. The minimum atomic E-state index is -0.201. The predicted octanol–water partition coefficient (Wildman–Crippen LogP) is 2.68. The highest BCUT2D eigenvalue weighted by Gasteiger charge is 1.98. The standard InChI is InChI=1S/C10H8FN/c1-7-4-9(11)5-8-6-12-3-2-10(7)8/h2-6H,1H3. The first-order chi connectivity index (χ1) is 5.77. The lowest BCUT2D eigenvalue weighted by molar-refractivity contribution is 0.628. The van der Waals surface area contributed by atoms with Crippen LogP contribution in [0.15, 0.2) is 30.6 Å². The second-order valence-electron chi connectivity index (χ2n) is 2.82. The summed E-state index contributed by atoms with van der Waals surface area (Å²) in [6.45, 7) is 1.89. The average Bonchev–Trinajstić information content (AvgIpc) is 2.04. The molecule has 0 radical (unpaired) electrons. The summed E-state index contributed by atoms with van der Waals surface area (Å²) in [5, 5.41) is 1.92. The van der Waals surface area contributed by atoms with Crippen molar-refractivity contribution in [3.05, 3.63) is 42.0 Å². The van der Waals surface area contributed by atoms with E-state index in [1.807, 2.05) is 13.0 Å². The molecule has 60 valence electrons. The van der Waals surface area contributed by atoms with Gasteiger partial charge in [0, 0.05) is 17.8 Å². The quantitative estimate of drug-likeness (QED) is 0.578. The molecule has 0 saturated carbocycles. The SMILES string of the molecule is Cc1cc(F)cc2cnccc12. The lowest BCUT2D eigenvalue weighted by Crippen LogP contribution is -1.82. The van der Waals surface area contributed by atoms with Crippen molar-refractivity contribution in [2.24, 2.45) is 0 Å². The molecule has 0 amide bonds. The van der Waals surface area contributed by atoms with Crippen LogP contribution in [-0.4, -0.2) is 4.98 Å². The van der Waals surface area contributed by atoms with Crippen LogP contribution in [0.2, 0.25) is 0 Å². The van der Waals surface area contributed by atoms with Crippen molar-refractivity contribution in [1.29, 1.82) is 0 Å². The Morgan fingerprint density at radius 3 is 3.00 bits per heavy atom. The molecule has 1 aromatic carbocycles. The van der Waals surface area contributed by atoms with Gasteiger partial charge in [-0.05, 0) is 36.1 Å². The smallest absolute Gasteiger partial charge is 0.124 e. The van der Waals surface area contributed by atoms with Gasteiger partial charge in [0.05, 0.1) is 0 Å². The molecule has 0 unspecified atom stereocenters. The first-order valence-corrected chi connectivity index (χ1v) is 3.77. The maximum absolute atomic E-state index is 12.9. The molecule has 1 nitrogen and oxygen atoms in total. The topological polar surface area (TPSA) is 12.9 Å². The normalized spacial score (nSPS) is 10.5. The molecule has 0 aliphatic rings. The first-order valence-electron chi connectivity index (χ1n) is 3.77. The van der Waals surface area contributed by atoms with Crippen molar-refractivity contribution in [2.45, 2.75) is 6.92 Å². The Hall–Kier alpha value is -1.44. The maximum Gasteiger partial charge on any atom is 0.124 e. The van der Waals surface area contributed by atoms with Crippen molar-refractivity contribution in [3.8, 4) is 0 Å². The van der Waals surface area contributed by atoms with Gasteiger partial charge in [-0.25, -0.2) is 4.39 Å². The Labute approximate surface area is 69.9 Å². The number of rotatable bonds is 0. The number of benzene rings is 1. The summed E-state index contributed by atoms with van der Waals surface area (Å²) >= 11 is 0. The van der Waals surface area contributed by atoms with E-state index in [0.29, 0.717) is 0 Å². The zero-order valence-electron chi connectivity index (χ0n) is 6.71. The van der Waals surface area contributed by atoms with E-state index in [-0.39, 0.29) is 5.82 Å². The van der Waals surface area contributed by atoms with Crippen LogP contribution >= 0.6 is 0 Å². The summed E-state index contributed by atoms with van der Waals surface area (Å²) < 4.78 is 12.9. The van der Waals surface area contributed by atoms with Crippen molar-refractivity contribution < 1.29 is 4.39 Å². The molecule has 12 heavy (non-hydrogen) atoms. The summed E-state index contributed by atoms with van der Waals surface area (Å²) in [6.07, 6.45) is 3.39. The minimum Gasteiger partial charge on any atom is -0.264 e. The number of aryl methyl sites for hydroxylation is 1. The number of hydrogen-bond acceptors (Lipinski definition) is 1. The van der Waals surface area contributed by atoms with Gasteiger partial charge in [-0.3, -0.25) is 4.98 Å². The molecule has 0 spiro atoms. The van der Waals surface area contributed by atoms with Crippen LogP contribution in [0.25, 0.3) is 10.8 Å². The molecule has 0 bridgehead atoms. The monoisotopic (exact) mass is 161 g/mol. The zero-order valence-corrected chi connectivity index (χ0v) is 6.71. The third kappa shape index (κ3) is 1.05. The highest BCUT2D eigenvalue weighted by atomic mass is 19.1. The lowest BCUT2D eigenvalue weighted by Gasteiger charge is -2.00. The third-order valence-corrected chi connectivity index (χ3v) is 1.92. The fraction of sp³-hybridized carbons (Fsp3) is 0.100. The van der Waals surface area contributed by atoms with E-state index in [4.69, 9.17) is 0 Å². The summed E-state index contributed by atoms with van der Waals surface area (Å²) in [4.78, 5) is 3.93. The average molecular weight is 161 g/mol. The van der Waals surface area contributed by atoms with Crippen LogP contribution in [0, 0.1) is 12.7 Å². The lowest BCUT2D eigenvalue weighted by atomic mass is 10.1. The summed E-state index contributed by atoms with van der Waals surface area (Å²) in [7, 11) is 0. The third-order valence-electron chi connectivity index (χ3n) is 1.92. The fourth-order valence-electron chi connectivity index (χ4n) is 1.36. The Morgan fingerprint density at radius 1 is 1.33 bits per heavy atom. The molecule has 0 fully saturated rings. The van der Waals surface area contributed by atoms with Gasteiger partial charge in [-0.15, -0.1) is 0 Å². The molecule has 0 N–H and O–H groups in total. The predicted molar refractivity (Wildman–Crippen MR) is 46.4 cm³/mol. The van der Waals surface area contributed by atoms with Crippen LogP contribution in [0.3, 0.4) is 0 Å². The summed E-state index contributed by atoms with van der Waals surface area (Å²) in [6, 6.07) is 4.92. The molecule has 1 aromatic heterocycles. The van der Waals surface area contributed by atoms with Gasteiger partial charge in [0.1, 0.15) is 5.82 Å². The number of pyridine rings is 1. The van der Waals surface area contributed by atoms with Gasteiger partial charge in [-0.1, -0.05) is 0 Å². The highest BCUT2D eigenvalue weighted by molar-refractivity contribution is 5.84.